The molecule has 3 aromatic heterocycles. The van der Waals surface area contributed by atoms with Gasteiger partial charge in [0.15, 0.2) is 17.5 Å². The summed E-state index contributed by atoms with van der Waals surface area (Å²) in [5, 5.41) is 4.29. The van der Waals surface area contributed by atoms with Gasteiger partial charge in [0.05, 0.1) is 0 Å². The molecule has 290 valence electrons. The molecule has 12 rings (SSSR count). The maximum atomic E-state index is 6.58. The van der Waals surface area contributed by atoms with Crippen LogP contribution in [-0.4, -0.2) is 15.0 Å². The molecule has 62 heavy (non-hydrogen) atoms. The molecule has 0 fully saturated rings. The second-order valence-corrected chi connectivity index (χ2v) is 15.5. The highest BCUT2D eigenvalue weighted by Gasteiger charge is 2.18. The summed E-state index contributed by atoms with van der Waals surface area (Å²) in [5.41, 5.74) is 15.0. The molecule has 0 saturated carbocycles. The van der Waals surface area contributed by atoms with Crippen LogP contribution in [0, 0.1) is 0 Å². The fourth-order valence-corrected chi connectivity index (χ4v) is 8.73. The molecule has 0 amide bonds. The van der Waals surface area contributed by atoms with Crippen molar-refractivity contribution in [3.8, 4) is 78.7 Å². The first-order valence-corrected chi connectivity index (χ1v) is 20.7. The highest BCUT2D eigenvalue weighted by Crippen LogP contribution is 2.42. The molecular formula is C57H35N3O2. The predicted molar refractivity (Wildman–Crippen MR) is 252 cm³/mol. The molecule has 0 atom stereocenters. The van der Waals surface area contributed by atoms with E-state index in [1.165, 1.54) is 0 Å². The number of para-hydroxylation sites is 1. The Labute approximate surface area is 357 Å². The number of rotatable bonds is 7. The van der Waals surface area contributed by atoms with Crippen LogP contribution in [-0.2, 0) is 0 Å². The average Bonchev–Trinajstić information content (AvgIpc) is 3.92. The van der Waals surface area contributed by atoms with E-state index in [4.69, 9.17) is 23.8 Å². The fourth-order valence-electron chi connectivity index (χ4n) is 8.73. The van der Waals surface area contributed by atoms with Crippen LogP contribution < -0.4 is 0 Å². The number of benzene rings is 9. The van der Waals surface area contributed by atoms with Gasteiger partial charge in [-0.3, -0.25) is 0 Å². The van der Waals surface area contributed by atoms with Crippen molar-refractivity contribution < 1.29 is 8.83 Å². The number of furan rings is 2. The lowest BCUT2D eigenvalue weighted by Gasteiger charge is -2.11. The Hall–Kier alpha value is -8.41. The summed E-state index contributed by atoms with van der Waals surface area (Å²) in [6.07, 6.45) is 0. The van der Waals surface area contributed by atoms with Gasteiger partial charge in [-0.2, -0.15) is 0 Å². The molecule has 0 radical (unpaired) electrons. The van der Waals surface area contributed by atoms with Crippen molar-refractivity contribution in [3.63, 3.8) is 0 Å². The Morgan fingerprint density at radius 1 is 0.242 bits per heavy atom. The molecule has 0 unspecified atom stereocenters. The number of fused-ring (bicyclic) bond motifs is 6. The molecule has 0 N–H and O–H groups in total. The minimum absolute atomic E-state index is 0.570. The maximum absolute atomic E-state index is 6.58. The van der Waals surface area contributed by atoms with E-state index in [-0.39, 0.29) is 0 Å². The number of aromatic nitrogens is 3. The van der Waals surface area contributed by atoms with Crippen molar-refractivity contribution >= 4 is 43.9 Å². The third-order valence-electron chi connectivity index (χ3n) is 11.8. The van der Waals surface area contributed by atoms with Crippen LogP contribution in [0.4, 0.5) is 0 Å². The van der Waals surface area contributed by atoms with E-state index in [0.29, 0.717) is 17.5 Å². The molecule has 0 bridgehead atoms. The minimum Gasteiger partial charge on any atom is -0.456 e. The van der Waals surface area contributed by atoms with E-state index in [0.717, 1.165) is 105 Å². The smallest absolute Gasteiger partial charge is 0.164 e. The van der Waals surface area contributed by atoms with Crippen LogP contribution >= 0.6 is 0 Å². The van der Waals surface area contributed by atoms with Crippen LogP contribution in [0.3, 0.4) is 0 Å². The Balaban J connectivity index is 0.959. The largest absolute Gasteiger partial charge is 0.456 e. The van der Waals surface area contributed by atoms with Gasteiger partial charge < -0.3 is 8.83 Å². The Morgan fingerprint density at radius 3 is 1.53 bits per heavy atom. The van der Waals surface area contributed by atoms with Crippen molar-refractivity contribution in [2.24, 2.45) is 0 Å². The van der Waals surface area contributed by atoms with Crippen LogP contribution in [0.15, 0.2) is 221 Å². The van der Waals surface area contributed by atoms with Crippen LogP contribution in [0.1, 0.15) is 0 Å². The van der Waals surface area contributed by atoms with Crippen molar-refractivity contribution in [2.75, 3.05) is 0 Å². The SMILES string of the molecule is c1ccc(-c2ccc(-c3nc(-c4cccc(-c5ccccc5)c4)nc(-c4ccc5c(c4)oc4ccc(-c6ccccc6-c6cccc7oc8ccccc8c67)cc45)n3)cc2)cc1. The molecule has 12 aromatic rings. The normalized spacial score (nSPS) is 11.5. The zero-order chi connectivity index (χ0) is 41.0. The van der Waals surface area contributed by atoms with Crippen molar-refractivity contribution in [1.29, 1.82) is 0 Å². The second-order valence-electron chi connectivity index (χ2n) is 15.5. The van der Waals surface area contributed by atoms with E-state index in [1.807, 2.05) is 30.3 Å². The molecule has 0 aliphatic rings. The summed E-state index contributed by atoms with van der Waals surface area (Å²) in [6, 6.07) is 73.4. The van der Waals surface area contributed by atoms with Crippen LogP contribution in [0.5, 0.6) is 0 Å². The quantitative estimate of drug-likeness (QED) is 0.161. The predicted octanol–water partition coefficient (Wildman–Crippen LogP) is 15.3. The first kappa shape index (κ1) is 35.5. The molecule has 5 nitrogen and oxygen atoms in total. The zero-order valence-corrected chi connectivity index (χ0v) is 33.4. The lowest BCUT2D eigenvalue weighted by Crippen LogP contribution is -2.00. The Morgan fingerprint density at radius 2 is 0.742 bits per heavy atom. The standard InChI is InChI=1S/C57H35N3O2/c1-3-13-36(14-4-1)38-25-27-39(28-26-38)55-58-56(42-18-11-17-40(33-42)37-15-5-2-6-16-37)60-57(59-55)43-29-31-46-49-34-41(30-32-51(49)62-53(46)35-43)44-19-7-8-20-45(44)47-22-12-24-52-54(47)48-21-9-10-23-50(48)61-52/h1-35H. The van der Waals surface area contributed by atoms with E-state index in [9.17, 15) is 0 Å². The van der Waals surface area contributed by atoms with E-state index < -0.39 is 0 Å². The number of hydrogen-bond donors (Lipinski definition) is 0. The topological polar surface area (TPSA) is 65.0 Å². The molecular weight excluding hydrogens is 759 g/mol. The van der Waals surface area contributed by atoms with Crippen molar-refractivity contribution in [3.05, 3.63) is 212 Å². The lowest BCUT2D eigenvalue weighted by molar-refractivity contribution is 0.668. The third kappa shape index (κ3) is 6.23. The zero-order valence-electron chi connectivity index (χ0n) is 33.4. The Bertz CT molecular complexity index is 3630. The summed E-state index contributed by atoms with van der Waals surface area (Å²) in [6.45, 7) is 0. The third-order valence-corrected chi connectivity index (χ3v) is 11.8. The van der Waals surface area contributed by atoms with Crippen molar-refractivity contribution in [1.82, 2.24) is 15.0 Å². The first-order valence-electron chi connectivity index (χ1n) is 20.7. The molecule has 0 saturated heterocycles. The van der Waals surface area contributed by atoms with E-state index >= 15 is 0 Å². The Kier molecular flexibility index (Phi) is 8.42. The summed E-state index contributed by atoms with van der Waals surface area (Å²) in [4.78, 5) is 15.3. The molecule has 0 aliphatic carbocycles. The van der Waals surface area contributed by atoms with Gasteiger partial charge in [-0.15, -0.1) is 0 Å². The van der Waals surface area contributed by atoms with Gasteiger partial charge in [0, 0.05) is 38.2 Å². The number of nitrogens with zero attached hydrogens (tertiary/aromatic N) is 3. The molecule has 5 heteroatoms. The highest BCUT2D eigenvalue weighted by molar-refractivity contribution is 6.14. The average molecular weight is 794 g/mol. The van der Waals surface area contributed by atoms with Gasteiger partial charge in [-0.25, -0.2) is 15.0 Å². The van der Waals surface area contributed by atoms with Gasteiger partial charge in [-0.1, -0.05) is 170 Å². The van der Waals surface area contributed by atoms with Gasteiger partial charge in [0.1, 0.15) is 22.3 Å². The van der Waals surface area contributed by atoms with Crippen LogP contribution in [0.2, 0.25) is 0 Å². The van der Waals surface area contributed by atoms with E-state index in [2.05, 4.69) is 182 Å². The molecule has 0 spiro atoms. The minimum atomic E-state index is 0.570. The summed E-state index contributed by atoms with van der Waals surface area (Å²) in [7, 11) is 0. The monoisotopic (exact) mass is 793 g/mol. The first-order chi connectivity index (χ1) is 30.7. The fraction of sp³-hybridized carbons (Fsp3) is 0. The summed E-state index contributed by atoms with van der Waals surface area (Å²) < 4.78 is 12.9. The highest BCUT2D eigenvalue weighted by atomic mass is 16.3. The van der Waals surface area contributed by atoms with Crippen molar-refractivity contribution in [2.45, 2.75) is 0 Å². The molecule has 0 aliphatic heterocycles. The van der Waals surface area contributed by atoms with Gasteiger partial charge in [0.25, 0.3) is 0 Å². The maximum Gasteiger partial charge on any atom is 0.164 e. The van der Waals surface area contributed by atoms with Gasteiger partial charge in [-0.05, 0) is 87.0 Å². The van der Waals surface area contributed by atoms with E-state index in [1.54, 1.807) is 0 Å². The second kappa shape index (κ2) is 14.7. The van der Waals surface area contributed by atoms with Gasteiger partial charge in [0.2, 0.25) is 0 Å². The lowest BCUT2D eigenvalue weighted by atomic mass is 9.91. The molecule has 9 aromatic carbocycles. The molecule has 3 heterocycles. The summed E-state index contributed by atoms with van der Waals surface area (Å²) in [5.74, 6) is 1.77. The number of hydrogen-bond acceptors (Lipinski definition) is 5. The summed E-state index contributed by atoms with van der Waals surface area (Å²) >= 11 is 0. The van der Waals surface area contributed by atoms with Gasteiger partial charge >= 0.3 is 0 Å². The van der Waals surface area contributed by atoms with Crippen LogP contribution in [0.25, 0.3) is 123 Å².